The number of benzene rings is 1. The molecule has 0 saturated heterocycles. The van der Waals surface area contributed by atoms with Gasteiger partial charge in [0.1, 0.15) is 0 Å². The second-order valence-corrected chi connectivity index (χ2v) is 5.26. The molecular formula is C17H23NO2. The molecule has 0 aliphatic heterocycles. The van der Waals surface area contributed by atoms with Crippen molar-refractivity contribution in [1.82, 2.24) is 5.32 Å². The molecule has 1 rings (SSSR count). The molecule has 3 heteroatoms. The zero-order chi connectivity index (χ0) is 15.0. The maximum absolute atomic E-state index is 12.2. The molecule has 2 N–H and O–H groups in total. The summed E-state index contributed by atoms with van der Waals surface area (Å²) < 4.78 is 0. The number of aliphatic hydroxyl groups is 1. The van der Waals surface area contributed by atoms with Gasteiger partial charge >= 0.3 is 0 Å². The van der Waals surface area contributed by atoms with Crippen molar-refractivity contribution in [2.75, 3.05) is 13.2 Å². The lowest BCUT2D eigenvalue weighted by Gasteiger charge is -2.09. The number of amides is 1. The minimum absolute atomic E-state index is 0.0364. The normalized spacial score (nSPS) is 10.1. The van der Waals surface area contributed by atoms with Crippen LogP contribution in [0.5, 0.6) is 0 Å². The maximum Gasteiger partial charge on any atom is 0.252 e. The van der Waals surface area contributed by atoms with Crippen LogP contribution < -0.4 is 5.32 Å². The fourth-order valence-corrected chi connectivity index (χ4v) is 1.74. The van der Waals surface area contributed by atoms with E-state index in [0.29, 0.717) is 24.4 Å². The van der Waals surface area contributed by atoms with Gasteiger partial charge in [-0.3, -0.25) is 4.79 Å². The van der Waals surface area contributed by atoms with E-state index < -0.39 is 0 Å². The molecule has 0 unspecified atom stereocenters. The molecule has 108 valence electrons. The molecule has 3 nitrogen and oxygen atoms in total. The fraction of sp³-hybridized carbons (Fsp3) is 0.471. The first kappa shape index (κ1) is 16.3. The number of hydrogen-bond donors (Lipinski definition) is 2. The van der Waals surface area contributed by atoms with Gasteiger partial charge < -0.3 is 10.4 Å². The van der Waals surface area contributed by atoms with Crippen molar-refractivity contribution in [1.29, 1.82) is 0 Å². The molecule has 0 radical (unpaired) electrons. The molecule has 1 amide bonds. The Morgan fingerprint density at radius 2 is 2.15 bits per heavy atom. The lowest BCUT2D eigenvalue weighted by Crippen LogP contribution is -2.26. The summed E-state index contributed by atoms with van der Waals surface area (Å²) in [6.45, 7) is 6.94. The van der Waals surface area contributed by atoms with Crippen LogP contribution in [-0.2, 0) is 0 Å². The summed E-state index contributed by atoms with van der Waals surface area (Å²) in [6, 6.07) is 5.62. The molecule has 0 heterocycles. The minimum atomic E-state index is -0.0843. The highest BCUT2D eigenvalue weighted by molar-refractivity contribution is 5.96. The average molecular weight is 273 g/mol. The minimum Gasteiger partial charge on any atom is -0.395 e. The molecule has 0 spiro atoms. The highest BCUT2D eigenvalue weighted by Crippen LogP contribution is 2.11. The van der Waals surface area contributed by atoms with E-state index in [0.717, 1.165) is 17.5 Å². The van der Waals surface area contributed by atoms with E-state index in [1.807, 2.05) is 25.1 Å². The highest BCUT2D eigenvalue weighted by atomic mass is 16.2. The van der Waals surface area contributed by atoms with E-state index >= 15 is 0 Å². The topological polar surface area (TPSA) is 49.3 Å². The van der Waals surface area contributed by atoms with Crippen LogP contribution in [0.2, 0.25) is 0 Å². The molecule has 0 aromatic heterocycles. The molecule has 1 aromatic carbocycles. The van der Waals surface area contributed by atoms with E-state index in [2.05, 4.69) is 31.0 Å². The van der Waals surface area contributed by atoms with Crippen LogP contribution in [0.15, 0.2) is 18.2 Å². The molecule has 1 aromatic rings. The third kappa shape index (κ3) is 5.46. The third-order valence-electron chi connectivity index (χ3n) is 2.89. The van der Waals surface area contributed by atoms with Crippen molar-refractivity contribution in [2.24, 2.45) is 5.92 Å². The molecule has 0 atom stereocenters. The SMILES string of the molecule is Cc1ccc(C(=O)NCCC(C)C)c(C#CCCO)c1. The number of nitrogens with one attached hydrogen (secondary N) is 1. The van der Waals surface area contributed by atoms with Gasteiger partial charge in [0, 0.05) is 18.5 Å². The standard InChI is InChI=1S/C17H23NO2/c1-13(2)9-10-18-17(20)16-8-7-14(3)12-15(16)6-4-5-11-19/h7-8,12-13,19H,5,9-11H2,1-3H3,(H,18,20). The molecule has 0 bridgehead atoms. The highest BCUT2D eigenvalue weighted by Gasteiger charge is 2.10. The van der Waals surface area contributed by atoms with Gasteiger partial charge in [0.25, 0.3) is 5.91 Å². The van der Waals surface area contributed by atoms with Crippen molar-refractivity contribution in [2.45, 2.75) is 33.6 Å². The van der Waals surface area contributed by atoms with E-state index in [1.165, 1.54) is 0 Å². The van der Waals surface area contributed by atoms with Gasteiger partial charge in [-0.1, -0.05) is 31.8 Å². The van der Waals surface area contributed by atoms with Crippen LogP contribution in [-0.4, -0.2) is 24.2 Å². The number of carbonyl (C=O) groups is 1. The summed E-state index contributed by atoms with van der Waals surface area (Å²) in [5.41, 5.74) is 2.39. The van der Waals surface area contributed by atoms with Crippen molar-refractivity contribution in [3.8, 4) is 11.8 Å². The molecular weight excluding hydrogens is 250 g/mol. The van der Waals surface area contributed by atoms with E-state index in [4.69, 9.17) is 5.11 Å². The third-order valence-corrected chi connectivity index (χ3v) is 2.89. The summed E-state index contributed by atoms with van der Waals surface area (Å²) in [6.07, 6.45) is 1.38. The summed E-state index contributed by atoms with van der Waals surface area (Å²) >= 11 is 0. The second kappa shape index (κ2) is 8.39. The number of aryl methyl sites for hydroxylation is 1. The molecule has 0 aliphatic rings. The van der Waals surface area contributed by atoms with Crippen LogP contribution >= 0.6 is 0 Å². The van der Waals surface area contributed by atoms with E-state index in [-0.39, 0.29) is 12.5 Å². The van der Waals surface area contributed by atoms with Gasteiger partial charge in [-0.2, -0.15) is 0 Å². The number of carbonyl (C=O) groups excluding carboxylic acids is 1. The summed E-state index contributed by atoms with van der Waals surface area (Å²) in [5.74, 6) is 6.31. The molecule has 20 heavy (non-hydrogen) atoms. The van der Waals surface area contributed by atoms with Crippen LogP contribution in [0.3, 0.4) is 0 Å². The van der Waals surface area contributed by atoms with Crippen LogP contribution in [0, 0.1) is 24.7 Å². The quantitative estimate of drug-likeness (QED) is 0.810. The van der Waals surface area contributed by atoms with E-state index in [1.54, 1.807) is 0 Å². The van der Waals surface area contributed by atoms with Gasteiger partial charge in [0.05, 0.1) is 12.2 Å². The average Bonchev–Trinajstić information content (AvgIpc) is 2.38. The summed E-state index contributed by atoms with van der Waals surface area (Å²) in [4.78, 5) is 12.2. The predicted molar refractivity (Wildman–Crippen MR) is 81.5 cm³/mol. The van der Waals surface area contributed by atoms with Crippen molar-refractivity contribution >= 4 is 5.91 Å². The Kier molecular flexibility index (Phi) is 6.83. The largest absolute Gasteiger partial charge is 0.395 e. The van der Waals surface area contributed by atoms with Crippen LogP contribution in [0.4, 0.5) is 0 Å². The summed E-state index contributed by atoms with van der Waals surface area (Å²) in [5, 5.41) is 11.7. The Labute approximate surface area is 121 Å². The number of aliphatic hydroxyl groups excluding tert-OH is 1. The number of rotatable bonds is 5. The lowest BCUT2D eigenvalue weighted by atomic mass is 10.0. The Balaban J connectivity index is 2.83. The van der Waals surface area contributed by atoms with Crippen LogP contribution in [0.1, 0.15) is 48.2 Å². The Hall–Kier alpha value is -1.79. The molecule has 0 aliphatic carbocycles. The number of hydrogen-bond acceptors (Lipinski definition) is 2. The monoisotopic (exact) mass is 273 g/mol. The first-order valence-electron chi connectivity index (χ1n) is 7.03. The zero-order valence-corrected chi connectivity index (χ0v) is 12.5. The predicted octanol–water partition coefficient (Wildman–Crippen LogP) is 2.50. The molecule has 0 saturated carbocycles. The fourth-order valence-electron chi connectivity index (χ4n) is 1.74. The maximum atomic E-state index is 12.2. The van der Waals surface area contributed by atoms with Gasteiger partial charge in [-0.25, -0.2) is 0 Å². The second-order valence-electron chi connectivity index (χ2n) is 5.26. The van der Waals surface area contributed by atoms with Gasteiger partial charge in [0.15, 0.2) is 0 Å². The summed E-state index contributed by atoms with van der Waals surface area (Å²) in [7, 11) is 0. The van der Waals surface area contributed by atoms with Crippen molar-refractivity contribution in [3.63, 3.8) is 0 Å². The zero-order valence-electron chi connectivity index (χ0n) is 12.5. The smallest absolute Gasteiger partial charge is 0.252 e. The Morgan fingerprint density at radius 1 is 1.40 bits per heavy atom. The Bertz CT molecular complexity index is 509. The lowest BCUT2D eigenvalue weighted by molar-refractivity contribution is 0.0952. The first-order chi connectivity index (χ1) is 9.54. The van der Waals surface area contributed by atoms with Gasteiger partial charge in [-0.15, -0.1) is 0 Å². The van der Waals surface area contributed by atoms with E-state index in [9.17, 15) is 4.79 Å². The van der Waals surface area contributed by atoms with Crippen LogP contribution in [0.25, 0.3) is 0 Å². The van der Waals surface area contributed by atoms with Gasteiger partial charge in [-0.05, 0) is 37.0 Å². The Morgan fingerprint density at radius 3 is 2.80 bits per heavy atom. The first-order valence-corrected chi connectivity index (χ1v) is 7.03. The van der Waals surface area contributed by atoms with Crippen molar-refractivity contribution in [3.05, 3.63) is 34.9 Å². The molecule has 0 fully saturated rings. The van der Waals surface area contributed by atoms with Crippen molar-refractivity contribution < 1.29 is 9.90 Å². The van der Waals surface area contributed by atoms with Gasteiger partial charge in [0.2, 0.25) is 0 Å².